The summed E-state index contributed by atoms with van der Waals surface area (Å²) in [5, 5.41) is 9.31. The molecule has 1 aliphatic rings. The van der Waals surface area contributed by atoms with E-state index in [4.69, 9.17) is 0 Å². The lowest BCUT2D eigenvalue weighted by molar-refractivity contribution is -0.120. The Labute approximate surface area is 102 Å². The number of thiazole rings is 1. The van der Waals surface area contributed by atoms with Crippen molar-refractivity contribution in [2.45, 2.75) is 19.8 Å². The molecule has 2 rings (SSSR count). The van der Waals surface area contributed by atoms with Crippen LogP contribution in [0.2, 0.25) is 0 Å². The molecule has 1 aromatic heterocycles. The highest BCUT2D eigenvalue weighted by atomic mass is 32.1. The molecule has 2 heterocycles. The summed E-state index contributed by atoms with van der Waals surface area (Å²) in [4.78, 5) is 26.7. The van der Waals surface area contributed by atoms with Crippen LogP contribution >= 0.6 is 11.3 Å². The summed E-state index contributed by atoms with van der Waals surface area (Å²) in [6, 6.07) is 0. The van der Waals surface area contributed by atoms with Crippen molar-refractivity contribution in [3.63, 3.8) is 0 Å². The van der Waals surface area contributed by atoms with Crippen molar-refractivity contribution < 1.29 is 9.59 Å². The van der Waals surface area contributed by atoms with Gasteiger partial charge in [-0.15, -0.1) is 11.3 Å². The topological polar surface area (TPSA) is 83.5 Å². The molecule has 2 N–H and O–H groups in total. The van der Waals surface area contributed by atoms with Gasteiger partial charge in [0.25, 0.3) is 5.91 Å². The van der Waals surface area contributed by atoms with Gasteiger partial charge in [0, 0.05) is 24.0 Å². The highest BCUT2D eigenvalue weighted by Gasteiger charge is 2.20. The van der Waals surface area contributed by atoms with Gasteiger partial charge in [0.2, 0.25) is 5.91 Å². The Kier molecular flexibility index (Phi) is 3.48. The zero-order valence-electron chi connectivity index (χ0n) is 9.32. The normalized spacial score (nSPS) is 14.4. The lowest BCUT2D eigenvalue weighted by Crippen LogP contribution is -2.32. The zero-order valence-corrected chi connectivity index (χ0v) is 10.1. The van der Waals surface area contributed by atoms with E-state index in [9.17, 15) is 9.59 Å². The number of amides is 2. The number of aromatic nitrogens is 1. The molecule has 1 aliphatic heterocycles. The number of nitrogens with zero attached hydrogens (tertiary/aromatic N) is 2. The fourth-order valence-corrected chi connectivity index (χ4v) is 2.17. The molecule has 0 aromatic carbocycles. The van der Waals surface area contributed by atoms with E-state index in [0.717, 1.165) is 10.7 Å². The van der Waals surface area contributed by atoms with Crippen molar-refractivity contribution in [1.82, 2.24) is 15.7 Å². The number of hydrogen-bond acceptors (Lipinski definition) is 5. The molecule has 0 unspecified atom stereocenters. The second-order valence-electron chi connectivity index (χ2n) is 3.66. The van der Waals surface area contributed by atoms with Crippen LogP contribution in [-0.2, 0) is 16.0 Å². The number of nitrogens with one attached hydrogen (secondary N) is 2. The Balaban J connectivity index is 1.75. The standard InChI is InChI=1S/C10H12N4O2S/c1-6-5-17-9(12-6)2-3-11-10(16)7-4-8(15)14-13-7/h5H,2-4H2,1H3,(H,11,16)(H,14,15). The van der Waals surface area contributed by atoms with E-state index in [1.807, 2.05) is 12.3 Å². The van der Waals surface area contributed by atoms with Gasteiger partial charge in [-0.2, -0.15) is 5.10 Å². The first-order chi connectivity index (χ1) is 8.15. The van der Waals surface area contributed by atoms with Crippen molar-refractivity contribution in [2.75, 3.05) is 6.54 Å². The lowest BCUT2D eigenvalue weighted by atomic mass is 10.2. The maximum atomic E-state index is 11.5. The van der Waals surface area contributed by atoms with Crippen molar-refractivity contribution in [3.8, 4) is 0 Å². The smallest absolute Gasteiger partial charge is 0.268 e. The van der Waals surface area contributed by atoms with Gasteiger partial charge in [0.15, 0.2) is 0 Å². The number of rotatable bonds is 4. The maximum absolute atomic E-state index is 11.5. The second-order valence-corrected chi connectivity index (χ2v) is 4.60. The minimum atomic E-state index is -0.295. The predicted octanol–water partition coefficient (Wildman–Crippen LogP) is -0.0139. The lowest BCUT2D eigenvalue weighted by Gasteiger charge is -2.01. The average Bonchev–Trinajstić information content (AvgIpc) is 2.88. The second kappa shape index (κ2) is 5.05. The van der Waals surface area contributed by atoms with Crippen LogP contribution in [0.4, 0.5) is 0 Å². The number of hydrogen-bond donors (Lipinski definition) is 2. The van der Waals surface area contributed by atoms with E-state index in [0.29, 0.717) is 13.0 Å². The Hall–Kier alpha value is -1.76. The van der Waals surface area contributed by atoms with Crippen LogP contribution in [0.5, 0.6) is 0 Å². The summed E-state index contributed by atoms with van der Waals surface area (Å²) in [6.07, 6.45) is 0.751. The first-order valence-electron chi connectivity index (χ1n) is 5.20. The van der Waals surface area contributed by atoms with Crippen molar-refractivity contribution in [3.05, 3.63) is 16.1 Å². The van der Waals surface area contributed by atoms with Crippen LogP contribution in [0.25, 0.3) is 0 Å². The molecule has 1 aromatic rings. The van der Waals surface area contributed by atoms with Gasteiger partial charge in [-0.05, 0) is 6.92 Å². The van der Waals surface area contributed by atoms with Gasteiger partial charge in [0.1, 0.15) is 5.71 Å². The minimum absolute atomic E-state index is 0.0577. The number of carbonyl (C=O) groups is 2. The SMILES string of the molecule is Cc1csc(CCNC(=O)C2=NNC(=O)C2)n1. The molecular formula is C10H12N4O2S. The van der Waals surface area contributed by atoms with E-state index in [2.05, 4.69) is 20.8 Å². The maximum Gasteiger partial charge on any atom is 0.268 e. The molecule has 0 spiro atoms. The molecule has 0 radical (unpaired) electrons. The van der Waals surface area contributed by atoms with Crippen LogP contribution in [0, 0.1) is 6.92 Å². The van der Waals surface area contributed by atoms with Crippen LogP contribution in [0.1, 0.15) is 17.1 Å². The third-order valence-electron chi connectivity index (χ3n) is 2.20. The molecule has 6 nitrogen and oxygen atoms in total. The molecular weight excluding hydrogens is 240 g/mol. The Morgan fingerprint density at radius 2 is 2.47 bits per heavy atom. The van der Waals surface area contributed by atoms with E-state index >= 15 is 0 Å². The van der Waals surface area contributed by atoms with Crippen LogP contribution in [-0.4, -0.2) is 29.1 Å². The van der Waals surface area contributed by atoms with Gasteiger partial charge in [-0.25, -0.2) is 10.4 Å². The van der Waals surface area contributed by atoms with Crippen molar-refractivity contribution in [2.24, 2.45) is 5.10 Å². The summed E-state index contributed by atoms with van der Waals surface area (Å²) in [5.41, 5.74) is 3.47. The summed E-state index contributed by atoms with van der Waals surface area (Å²) in [7, 11) is 0. The fraction of sp³-hybridized carbons (Fsp3) is 0.400. The van der Waals surface area contributed by atoms with E-state index in [1.54, 1.807) is 11.3 Å². The minimum Gasteiger partial charge on any atom is -0.350 e. The van der Waals surface area contributed by atoms with E-state index in [1.165, 1.54) is 0 Å². The fourth-order valence-electron chi connectivity index (χ4n) is 1.39. The van der Waals surface area contributed by atoms with Gasteiger partial charge >= 0.3 is 0 Å². The van der Waals surface area contributed by atoms with Gasteiger partial charge in [-0.1, -0.05) is 0 Å². The highest BCUT2D eigenvalue weighted by Crippen LogP contribution is 2.08. The zero-order chi connectivity index (χ0) is 12.3. The molecule has 0 aliphatic carbocycles. The highest BCUT2D eigenvalue weighted by molar-refractivity contribution is 7.09. The summed E-state index contributed by atoms with van der Waals surface area (Å²) in [5.74, 6) is -0.540. The Bertz CT molecular complexity index is 480. The first-order valence-corrected chi connectivity index (χ1v) is 6.08. The average molecular weight is 252 g/mol. The molecule has 0 fully saturated rings. The van der Waals surface area contributed by atoms with Crippen LogP contribution in [0.15, 0.2) is 10.5 Å². The summed E-state index contributed by atoms with van der Waals surface area (Å²) in [6.45, 7) is 2.43. The molecule has 0 atom stereocenters. The molecule has 2 amide bonds. The summed E-state index contributed by atoms with van der Waals surface area (Å²) >= 11 is 1.57. The largest absolute Gasteiger partial charge is 0.350 e. The Morgan fingerprint density at radius 1 is 1.65 bits per heavy atom. The predicted molar refractivity (Wildman–Crippen MR) is 63.8 cm³/mol. The third kappa shape index (κ3) is 3.10. The molecule has 7 heteroatoms. The Morgan fingerprint density at radius 3 is 3.06 bits per heavy atom. The summed E-state index contributed by atoms with van der Waals surface area (Å²) < 4.78 is 0. The van der Waals surface area contributed by atoms with Crippen LogP contribution in [0.3, 0.4) is 0 Å². The molecule has 0 saturated carbocycles. The van der Waals surface area contributed by atoms with Crippen molar-refractivity contribution >= 4 is 28.9 Å². The van der Waals surface area contributed by atoms with Gasteiger partial charge in [0.05, 0.1) is 11.4 Å². The van der Waals surface area contributed by atoms with Crippen molar-refractivity contribution in [1.29, 1.82) is 0 Å². The molecule has 0 saturated heterocycles. The first kappa shape index (κ1) is 11.7. The molecule has 17 heavy (non-hydrogen) atoms. The van der Waals surface area contributed by atoms with Crippen LogP contribution < -0.4 is 10.7 Å². The number of hydrazone groups is 1. The third-order valence-corrected chi connectivity index (χ3v) is 3.22. The number of aryl methyl sites for hydroxylation is 1. The monoisotopic (exact) mass is 252 g/mol. The molecule has 0 bridgehead atoms. The van der Waals surface area contributed by atoms with E-state index < -0.39 is 0 Å². The quantitative estimate of drug-likeness (QED) is 0.790. The van der Waals surface area contributed by atoms with E-state index in [-0.39, 0.29) is 23.9 Å². The molecule has 90 valence electrons. The van der Waals surface area contributed by atoms with Gasteiger partial charge in [-0.3, -0.25) is 9.59 Å². The van der Waals surface area contributed by atoms with Gasteiger partial charge < -0.3 is 5.32 Å². The number of carbonyl (C=O) groups excluding carboxylic acids is 2.